The molecule has 2 heteroatoms. The van der Waals surface area contributed by atoms with Crippen molar-refractivity contribution in [3.05, 3.63) is 71.3 Å². The highest BCUT2D eigenvalue weighted by Crippen LogP contribution is 2.31. The Hall–Kier alpha value is -1.64. The van der Waals surface area contributed by atoms with E-state index in [0.29, 0.717) is 0 Å². The molecule has 18 heavy (non-hydrogen) atoms. The van der Waals surface area contributed by atoms with E-state index in [1.807, 2.05) is 30.3 Å². The first-order valence-corrected chi connectivity index (χ1v) is 6.38. The normalized spacial score (nSPS) is 21.8. The summed E-state index contributed by atoms with van der Waals surface area (Å²) in [6.45, 7) is 0.789. The number of hydrogen-bond donors (Lipinski definition) is 2. The van der Waals surface area contributed by atoms with Gasteiger partial charge in [-0.2, -0.15) is 0 Å². The molecule has 2 nitrogen and oxygen atoms in total. The van der Waals surface area contributed by atoms with E-state index in [1.165, 1.54) is 16.7 Å². The summed E-state index contributed by atoms with van der Waals surface area (Å²) in [5, 5.41) is 13.6. The molecule has 0 aliphatic heterocycles. The number of hydrogen-bond acceptors (Lipinski definition) is 2. The molecule has 0 bridgehead atoms. The maximum Gasteiger partial charge on any atom is 0.0775 e. The number of aliphatic hydroxyl groups excluding tert-OH is 1. The highest BCUT2D eigenvalue weighted by molar-refractivity contribution is 5.36. The van der Waals surface area contributed by atoms with Crippen molar-refractivity contribution in [2.24, 2.45) is 0 Å². The third kappa shape index (κ3) is 2.17. The minimum Gasteiger partial charge on any atom is -0.391 e. The van der Waals surface area contributed by atoms with Gasteiger partial charge in [0.25, 0.3) is 0 Å². The average molecular weight is 239 g/mol. The second-order valence-electron chi connectivity index (χ2n) is 4.81. The minimum atomic E-state index is -0.314. The molecule has 2 aromatic carbocycles. The van der Waals surface area contributed by atoms with Gasteiger partial charge in [0, 0.05) is 13.0 Å². The fraction of sp³-hybridized carbons (Fsp3) is 0.250. The molecule has 1 aliphatic carbocycles. The summed E-state index contributed by atoms with van der Waals surface area (Å²) in [6, 6.07) is 18.6. The number of nitrogens with one attached hydrogen (secondary N) is 1. The summed E-state index contributed by atoms with van der Waals surface area (Å²) in [7, 11) is 0. The van der Waals surface area contributed by atoms with Crippen molar-refractivity contribution in [1.29, 1.82) is 0 Å². The first-order chi connectivity index (χ1) is 8.84. The predicted octanol–water partition coefficient (Wildman–Crippen LogP) is 2.43. The highest BCUT2D eigenvalue weighted by atomic mass is 16.3. The molecule has 3 rings (SSSR count). The smallest absolute Gasteiger partial charge is 0.0775 e. The monoisotopic (exact) mass is 239 g/mol. The Kier molecular flexibility index (Phi) is 3.13. The van der Waals surface area contributed by atoms with Crippen molar-refractivity contribution in [3.8, 4) is 0 Å². The number of fused-ring (bicyclic) bond motifs is 1. The first-order valence-electron chi connectivity index (χ1n) is 6.38. The topological polar surface area (TPSA) is 32.3 Å². The summed E-state index contributed by atoms with van der Waals surface area (Å²) >= 11 is 0. The Labute approximate surface area is 107 Å². The van der Waals surface area contributed by atoms with Crippen LogP contribution in [0.3, 0.4) is 0 Å². The lowest BCUT2D eigenvalue weighted by atomic mass is 10.1. The van der Waals surface area contributed by atoms with Gasteiger partial charge in [0.15, 0.2) is 0 Å². The van der Waals surface area contributed by atoms with Crippen LogP contribution in [0.4, 0.5) is 0 Å². The maximum absolute atomic E-state index is 10.1. The number of benzene rings is 2. The summed E-state index contributed by atoms with van der Waals surface area (Å²) in [6.07, 6.45) is 0.439. The van der Waals surface area contributed by atoms with Crippen LogP contribution in [0.5, 0.6) is 0 Å². The summed E-state index contributed by atoms with van der Waals surface area (Å²) in [4.78, 5) is 0. The SMILES string of the molecule is OC1Cc2ccccc2C1NCc1ccccc1. The molecule has 2 N–H and O–H groups in total. The molecule has 0 saturated heterocycles. The molecule has 2 unspecified atom stereocenters. The minimum absolute atomic E-state index is 0.0569. The fourth-order valence-corrected chi connectivity index (χ4v) is 2.64. The molecule has 0 amide bonds. The van der Waals surface area contributed by atoms with E-state index < -0.39 is 0 Å². The van der Waals surface area contributed by atoms with Gasteiger partial charge in [-0.15, -0.1) is 0 Å². The van der Waals surface area contributed by atoms with E-state index in [0.717, 1.165) is 13.0 Å². The third-order valence-electron chi connectivity index (χ3n) is 3.57. The maximum atomic E-state index is 10.1. The van der Waals surface area contributed by atoms with Gasteiger partial charge >= 0.3 is 0 Å². The van der Waals surface area contributed by atoms with Crippen LogP contribution in [0.1, 0.15) is 22.7 Å². The van der Waals surface area contributed by atoms with Crippen molar-refractivity contribution in [1.82, 2.24) is 5.32 Å². The molecule has 0 radical (unpaired) electrons. The second-order valence-corrected chi connectivity index (χ2v) is 4.81. The average Bonchev–Trinajstić information content (AvgIpc) is 2.73. The van der Waals surface area contributed by atoms with Crippen LogP contribution in [-0.2, 0) is 13.0 Å². The number of rotatable bonds is 3. The van der Waals surface area contributed by atoms with Gasteiger partial charge in [0.1, 0.15) is 0 Å². The molecule has 0 spiro atoms. The van der Waals surface area contributed by atoms with E-state index >= 15 is 0 Å². The van der Waals surface area contributed by atoms with Gasteiger partial charge in [-0.05, 0) is 16.7 Å². The second kappa shape index (κ2) is 4.92. The van der Waals surface area contributed by atoms with E-state index in [1.54, 1.807) is 0 Å². The summed E-state index contributed by atoms with van der Waals surface area (Å²) < 4.78 is 0. The predicted molar refractivity (Wildman–Crippen MR) is 72.2 cm³/mol. The van der Waals surface area contributed by atoms with Gasteiger partial charge < -0.3 is 10.4 Å². The van der Waals surface area contributed by atoms with Crippen LogP contribution in [0.25, 0.3) is 0 Å². The molecule has 0 aromatic heterocycles. The van der Waals surface area contributed by atoms with Crippen LogP contribution < -0.4 is 5.32 Å². The standard InChI is InChI=1S/C16H17NO/c18-15-10-13-8-4-5-9-14(13)16(15)17-11-12-6-2-1-3-7-12/h1-9,15-18H,10-11H2. The molecule has 0 saturated carbocycles. The van der Waals surface area contributed by atoms with Crippen LogP contribution in [0.15, 0.2) is 54.6 Å². The zero-order valence-electron chi connectivity index (χ0n) is 10.2. The van der Waals surface area contributed by atoms with E-state index in [-0.39, 0.29) is 12.1 Å². The molecule has 1 aliphatic rings. The van der Waals surface area contributed by atoms with Crippen molar-refractivity contribution < 1.29 is 5.11 Å². The molecule has 92 valence electrons. The van der Waals surface area contributed by atoms with Crippen molar-refractivity contribution in [2.75, 3.05) is 0 Å². The molecule has 2 atom stereocenters. The van der Waals surface area contributed by atoms with Crippen LogP contribution in [-0.4, -0.2) is 11.2 Å². The van der Waals surface area contributed by atoms with Gasteiger partial charge in [-0.25, -0.2) is 0 Å². The Bertz CT molecular complexity index is 524. The summed E-state index contributed by atoms with van der Waals surface area (Å²) in [5.74, 6) is 0. The van der Waals surface area contributed by atoms with Gasteiger partial charge in [0.05, 0.1) is 12.1 Å². The lowest BCUT2D eigenvalue weighted by Crippen LogP contribution is -2.28. The lowest BCUT2D eigenvalue weighted by molar-refractivity contribution is 0.140. The zero-order valence-corrected chi connectivity index (χ0v) is 10.2. The Morgan fingerprint density at radius 1 is 1.00 bits per heavy atom. The van der Waals surface area contributed by atoms with Crippen molar-refractivity contribution in [3.63, 3.8) is 0 Å². The largest absolute Gasteiger partial charge is 0.391 e. The number of aliphatic hydroxyl groups is 1. The van der Waals surface area contributed by atoms with Gasteiger partial charge in [0.2, 0.25) is 0 Å². The quantitative estimate of drug-likeness (QED) is 0.862. The lowest BCUT2D eigenvalue weighted by Gasteiger charge is -2.18. The molecule has 0 fully saturated rings. The Morgan fingerprint density at radius 3 is 2.56 bits per heavy atom. The highest BCUT2D eigenvalue weighted by Gasteiger charge is 2.29. The van der Waals surface area contributed by atoms with Crippen molar-refractivity contribution >= 4 is 0 Å². The molecule has 2 aromatic rings. The van der Waals surface area contributed by atoms with E-state index in [9.17, 15) is 5.11 Å². The molecule has 0 heterocycles. The van der Waals surface area contributed by atoms with Gasteiger partial charge in [-0.3, -0.25) is 0 Å². The van der Waals surface area contributed by atoms with E-state index in [4.69, 9.17) is 0 Å². The fourth-order valence-electron chi connectivity index (χ4n) is 2.64. The van der Waals surface area contributed by atoms with Crippen LogP contribution >= 0.6 is 0 Å². The Balaban J connectivity index is 1.74. The van der Waals surface area contributed by atoms with Gasteiger partial charge in [-0.1, -0.05) is 54.6 Å². The van der Waals surface area contributed by atoms with Crippen LogP contribution in [0.2, 0.25) is 0 Å². The first kappa shape index (κ1) is 11.5. The van der Waals surface area contributed by atoms with Crippen LogP contribution in [0, 0.1) is 0 Å². The molecular weight excluding hydrogens is 222 g/mol. The Morgan fingerprint density at radius 2 is 1.72 bits per heavy atom. The third-order valence-corrected chi connectivity index (χ3v) is 3.57. The molecular formula is C16H17NO. The van der Waals surface area contributed by atoms with Crippen molar-refractivity contribution in [2.45, 2.75) is 25.1 Å². The van der Waals surface area contributed by atoms with E-state index in [2.05, 4.69) is 29.6 Å². The zero-order chi connectivity index (χ0) is 12.4. The summed E-state index contributed by atoms with van der Waals surface area (Å²) in [5.41, 5.74) is 3.74.